The molecule has 2 N–H and O–H groups in total. The molecular formula is C13H19NO3. The van der Waals surface area contributed by atoms with Crippen molar-refractivity contribution in [3.05, 3.63) is 23.8 Å². The molecule has 1 atom stereocenters. The Morgan fingerprint density at radius 1 is 1.35 bits per heavy atom. The van der Waals surface area contributed by atoms with Crippen LogP contribution in [-0.4, -0.2) is 24.5 Å². The highest BCUT2D eigenvalue weighted by Gasteiger charge is 2.17. The number of hydrogen-bond acceptors (Lipinski definition) is 4. The van der Waals surface area contributed by atoms with E-state index in [0.29, 0.717) is 19.9 Å². The lowest BCUT2D eigenvalue weighted by Crippen LogP contribution is -2.30. The Morgan fingerprint density at radius 2 is 2.18 bits per heavy atom. The molecule has 0 spiro atoms. The fraction of sp³-hybridized carbons (Fsp3) is 0.538. The van der Waals surface area contributed by atoms with Crippen LogP contribution >= 0.6 is 0 Å². The molecule has 1 heterocycles. The minimum Gasteiger partial charge on any atom is -0.454 e. The maximum Gasteiger partial charge on any atom is 0.231 e. The second kappa shape index (κ2) is 5.38. The van der Waals surface area contributed by atoms with E-state index < -0.39 is 0 Å². The van der Waals surface area contributed by atoms with Crippen LogP contribution in [0.2, 0.25) is 0 Å². The van der Waals surface area contributed by atoms with Gasteiger partial charge >= 0.3 is 0 Å². The van der Waals surface area contributed by atoms with Crippen LogP contribution < -0.4 is 14.8 Å². The normalized spacial score (nSPS) is 15.3. The van der Waals surface area contributed by atoms with Gasteiger partial charge in [-0.05, 0) is 12.0 Å². The molecule has 94 valence electrons. The summed E-state index contributed by atoms with van der Waals surface area (Å²) in [5, 5.41) is 12.9. The zero-order valence-corrected chi connectivity index (χ0v) is 10.3. The monoisotopic (exact) mass is 237 g/mol. The van der Waals surface area contributed by atoms with Crippen LogP contribution in [0.5, 0.6) is 11.5 Å². The molecule has 0 saturated heterocycles. The number of para-hydroxylation sites is 1. The molecule has 0 saturated carbocycles. The average molecular weight is 237 g/mol. The van der Waals surface area contributed by atoms with E-state index in [-0.39, 0.29) is 12.0 Å². The van der Waals surface area contributed by atoms with Gasteiger partial charge in [0.15, 0.2) is 11.5 Å². The Bertz CT molecular complexity index is 379. The van der Waals surface area contributed by atoms with E-state index in [1.807, 2.05) is 32.0 Å². The first-order chi connectivity index (χ1) is 8.18. The predicted octanol–water partition coefficient (Wildman–Crippen LogP) is 1.52. The van der Waals surface area contributed by atoms with Gasteiger partial charge in [-0.3, -0.25) is 0 Å². The first-order valence-corrected chi connectivity index (χ1v) is 5.94. The van der Waals surface area contributed by atoms with Crippen molar-refractivity contribution in [1.82, 2.24) is 5.32 Å². The van der Waals surface area contributed by atoms with Gasteiger partial charge in [0.05, 0.1) is 6.10 Å². The Hall–Kier alpha value is -1.26. The minimum atomic E-state index is -0.316. The van der Waals surface area contributed by atoms with E-state index in [1.54, 1.807) is 0 Å². The molecule has 1 aliphatic heterocycles. The highest BCUT2D eigenvalue weighted by Crippen LogP contribution is 2.35. The Kier molecular flexibility index (Phi) is 3.86. The van der Waals surface area contributed by atoms with Gasteiger partial charge in [0.25, 0.3) is 0 Å². The van der Waals surface area contributed by atoms with Crippen molar-refractivity contribution in [2.45, 2.75) is 26.5 Å². The largest absolute Gasteiger partial charge is 0.454 e. The third kappa shape index (κ3) is 2.90. The van der Waals surface area contributed by atoms with Gasteiger partial charge in [-0.25, -0.2) is 0 Å². The molecule has 1 aliphatic rings. The van der Waals surface area contributed by atoms with Gasteiger partial charge in [-0.2, -0.15) is 0 Å². The molecule has 1 aromatic rings. The number of rotatable bonds is 5. The van der Waals surface area contributed by atoms with E-state index in [1.165, 1.54) is 0 Å². The number of aliphatic hydroxyl groups is 1. The summed E-state index contributed by atoms with van der Waals surface area (Å²) in [7, 11) is 0. The van der Waals surface area contributed by atoms with Crippen molar-refractivity contribution in [3.63, 3.8) is 0 Å². The van der Waals surface area contributed by atoms with Gasteiger partial charge in [-0.1, -0.05) is 26.0 Å². The van der Waals surface area contributed by atoms with Crippen LogP contribution in [0.1, 0.15) is 19.4 Å². The summed E-state index contributed by atoms with van der Waals surface area (Å²) in [5.41, 5.74) is 1.07. The van der Waals surface area contributed by atoms with Crippen molar-refractivity contribution in [2.75, 3.05) is 13.3 Å². The summed E-state index contributed by atoms with van der Waals surface area (Å²) in [6.45, 7) is 5.56. The van der Waals surface area contributed by atoms with Gasteiger partial charge in [-0.15, -0.1) is 0 Å². The predicted molar refractivity (Wildman–Crippen MR) is 65.1 cm³/mol. The fourth-order valence-corrected chi connectivity index (χ4v) is 1.72. The third-order valence-corrected chi connectivity index (χ3v) is 2.92. The lowest BCUT2D eigenvalue weighted by atomic mass is 10.1. The highest BCUT2D eigenvalue weighted by molar-refractivity contribution is 5.48. The molecule has 0 radical (unpaired) electrons. The zero-order valence-electron chi connectivity index (χ0n) is 10.3. The van der Waals surface area contributed by atoms with Crippen molar-refractivity contribution in [2.24, 2.45) is 5.92 Å². The first kappa shape index (κ1) is 12.2. The maximum absolute atomic E-state index is 9.68. The molecule has 0 amide bonds. The van der Waals surface area contributed by atoms with Crippen LogP contribution in [0.15, 0.2) is 18.2 Å². The van der Waals surface area contributed by atoms with Crippen molar-refractivity contribution >= 4 is 0 Å². The molecule has 4 heteroatoms. The summed E-state index contributed by atoms with van der Waals surface area (Å²) < 4.78 is 10.7. The summed E-state index contributed by atoms with van der Waals surface area (Å²) in [6, 6.07) is 5.85. The van der Waals surface area contributed by atoms with Crippen LogP contribution in [0.4, 0.5) is 0 Å². The second-order valence-electron chi connectivity index (χ2n) is 4.59. The quantitative estimate of drug-likeness (QED) is 0.815. The van der Waals surface area contributed by atoms with Crippen LogP contribution in [-0.2, 0) is 6.54 Å². The number of nitrogens with one attached hydrogen (secondary N) is 1. The number of hydrogen-bond donors (Lipinski definition) is 2. The molecule has 0 bridgehead atoms. The maximum atomic E-state index is 9.68. The molecule has 0 fully saturated rings. The number of ether oxygens (including phenoxy) is 2. The summed E-state index contributed by atoms with van der Waals surface area (Å²) in [4.78, 5) is 0. The van der Waals surface area contributed by atoms with E-state index >= 15 is 0 Å². The van der Waals surface area contributed by atoms with E-state index in [0.717, 1.165) is 17.1 Å². The molecule has 1 unspecified atom stereocenters. The number of benzene rings is 1. The highest BCUT2D eigenvalue weighted by atomic mass is 16.7. The topological polar surface area (TPSA) is 50.7 Å². The van der Waals surface area contributed by atoms with Gasteiger partial charge in [0, 0.05) is 18.7 Å². The number of aliphatic hydroxyl groups excluding tert-OH is 1. The fourth-order valence-electron chi connectivity index (χ4n) is 1.72. The first-order valence-electron chi connectivity index (χ1n) is 5.94. The molecule has 2 rings (SSSR count). The number of fused-ring (bicyclic) bond motifs is 1. The molecule has 4 nitrogen and oxygen atoms in total. The zero-order chi connectivity index (χ0) is 12.3. The standard InChI is InChI=1S/C13H19NO3/c1-9(2)11(15)7-14-6-10-4-3-5-12-13(10)17-8-16-12/h3-5,9,11,14-15H,6-8H2,1-2H3. The summed E-state index contributed by atoms with van der Waals surface area (Å²) >= 11 is 0. The third-order valence-electron chi connectivity index (χ3n) is 2.92. The van der Waals surface area contributed by atoms with Gasteiger partial charge in [0.1, 0.15) is 0 Å². The lowest BCUT2D eigenvalue weighted by molar-refractivity contribution is 0.123. The SMILES string of the molecule is CC(C)C(O)CNCc1cccc2c1OCO2. The van der Waals surface area contributed by atoms with Crippen LogP contribution in [0.3, 0.4) is 0 Å². The van der Waals surface area contributed by atoms with E-state index in [9.17, 15) is 5.11 Å². The Labute approximate surface area is 102 Å². The lowest BCUT2D eigenvalue weighted by Gasteiger charge is -2.15. The Morgan fingerprint density at radius 3 is 2.94 bits per heavy atom. The summed E-state index contributed by atoms with van der Waals surface area (Å²) in [5.74, 6) is 1.89. The van der Waals surface area contributed by atoms with Gasteiger partial charge < -0.3 is 19.9 Å². The van der Waals surface area contributed by atoms with Crippen molar-refractivity contribution in [1.29, 1.82) is 0 Å². The molecule has 0 aliphatic carbocycles. The second-order valence-corrected chi connectivity index (χ2v) is 4.59. The van der Waals surface area contributed by atoms with Crippen molar-refractivity contribution in [3.8, 4) is 11.5 Å². The van der Waals surface area contributed by atoms with Crippen LogP contribution in [0.25, 0.3) is 0 Å². The average Bonchev–Trinajstić information content (AvgIpc) is 2.77. The van der Waals surface area contributed by atoms with E-state index in [2.05, 4.69) is 5.32 Å². The molecule has 0 aromatic heterocycles. The molecular weight excluding hydrogens is 218 g/mol. The smallest absolute Gasteiger partial charge is 0.231 e. The van der Waals surface area contributed by atoms with E-state index in [4.69, 9.17) is 9.47 Å². The van der Waals surface area contributed by atoms with Crippen LogP contribution in [0, 0.1) is 5.92 Å². The Balaban J connectivity index is 1.90. The summed E-state index contributed by atoms with van der Waals surface area (Å²) in [6.07, 6.45) is -0.316. The van der Waals surface area contributed by atoms with Gasteiger partial charge in [0.2, 0.25) is 6.79 Å². The molecule has 1 aromatic carbocycles. The van der Waals surface area contributed by atoms with Crippen molar-refractivity contribution < 1.29 is 14.6 Å². The molecule has 17 heavy (non-hydrogen) atoms. The minimum absolute atomic E-state index is 0.267.